The van der Waals surface area contributed by atoms with Crippen LogP contribution in [0.1, 0.15) is 30.9 Å². The molecule has 1 heterocycles. The number of benzene rings is 1. The van der Waals surface area contributed by atoms with Gasteiger partial charge in [0.15, 0.2) is 0 Å². The summed E-state index contributed by atoms with van der Waals surface area (Å²) in [4.78, 5) is 4.85. The Morgan fingerprint density at radius 1 is 1.20 bits per heavy atom. The molecule has 2 atom stereocenters. The predicted molar refractivity (Wildman–Crippen MR) is 77.5 cm³/mol. The highest BCUT2D eigenvalue weighted by atomic mass is 16.3. The number of piperidine rings is 1. The normalized spacial score (nSPS) is 18.2. The Bertz CT molecular complexity index is 482. The van der Waals surface area contributed by atoms with Crippen LogP contribution in [0.2, 0.25) is 0 Å². The summed E-state index contributed by atoms with van der Waals surface area (Å²) in [6, 6.07) is 7.55. The van der Waals surface area contributed by atoms with Crippen LogP contribution in [-0.4, -0.2) is 36.0 Å². The average molecular weight is 276 g/mol. The van der Waals surface area contributed by atoms with E-state index in [1.807, 2.05) is 24.3 Å². The molecule has 1 aromatic rings. The maximum atomic E-state index is 10.3. The van der Waals surface area contributed by atoms with Gasteiger partial charge in [-0.3, -0.25) is 0 Å². The molecule has 6 heteroatoms. The first kappa shape index (κ1) is 14.7. The van der Waals surface area contributed by atoms with Crippen LogP contribution < -0.4 is 4.90 Å². The fraction of sp³-hybridized carbons (Fsp3) is 0.571. The maximum absolute atomic E-state index is 10.3. The van der Waals surface area contributed by atoms with E-state index in [1.54, 1.807) is 0 Å². The molecule has 0 bridgehead atoms. The number of nitrogens with zero attached hydrogens (tertiary/aromatic N) is 4. The van der Waals surface area contributed by atoms with Crippen LogP contribution in [0, 0.1) is 0 Å². The first-order valence-corrected chi connectivity index (χ1v) is 6.95. The Balaban J connectivity index is 2.19. The van der Waals surface area contributed by atoms with Crippen LogP contribution in [0.25, 0.3) is 10.4 Å². The van der Waals surface area contributed by atoms with Gasteiger partial charge in [-0.05, 0) is 30.9 Å². The number of aliphatic hydroxyl groups excluding tert-OH is 2. The first-order chi connectivity index (χ1) is 9.74. The van der Waals surface area contributed by atoms with Crippen LogP contribution in [-0.2, 0) is 0 Å². The zero-order valence-electron chi connectivity index (χ0n) is 11.4. The van der Waals surface area contributed by atoms with E-state index in [2.05, 4.69) is 14.9 Å². The Morgan fingerprint density at radius 2 is 1.90 bits per heavy atom. The van der Waals surface area contributed by atoms with E-state index in [9.17, 15) is 10.2 Å². The number of anilines is 1. The van der Waals surface area contributed by atoms with E-state index < -0.39 is 12.2 Å². The number of azide groups is 1. The molecule has 2 N–H and O–H groups in total. The lowest BCUT2D eigenvalue weighted by Crippen LogP contribution is -2.31. The molecule has 1 saturated heterocycles. The summed E-state index contributed by atoms with van der Waals surface area (Å²) in [5.41, 5.74) is 9.93. The third kappa shape index (κ3) is 3.42. The molecule has 0 saturated carbocycles. The van der Waals surface area contributed by atoms with E-state index in [0.717, 1.165) is 31.6 Å². The Labute approximate surface area is 118 Å². The van der Waals surface area contributed by atoms with Gasteiger partial charge in [0.1, 0.15) is 6.10 Å². The van der Waals surface area contributed by atoms with Gasteiger partial charge in [-0.2, -0.15) is 0 Å². The van der Waals surface area contributed by atoms with Crippen molar-refractivity contribution >= 4 is 5.69 Å². The lowest BCUT2D eigenvalue weighted by Gasteiger charge is -2.32. The molecular formula is C14H20N4O2. The van der Waals surface area contributed by atoms with Crippen molar-refractivity contribution in [2.45, 2.75) is 31.5 Å². The van der Waals surface area contributed by atoms with Gasteiger partial charge < -0.3 is 15.1 Å². The van der Waals surface area contributed by atoms with Crippen molar-refractivity contribution < 1.29 is 10.2 Å². The predicted octanol–water partition coefficient (Wildman–Crippen LogP) is 2.38. The number of para-hydroxylation sites is 1. The van der Waals surface area contributed by atoms with Gasteiger partial charge in [0.05, 0.1) is 12.6 Å². The standard InChI is InChI=1S/C14H20N4O2/c15-17-16-10-13(19)14(20)11-6-2-3-7-12(11)18-8-4-1-5-9-18/h2-3,6-7,13-14,19-20H,1,4-5,8-10H2. The van der Waals surface area contributed by atoms with Crippen molar-refractivity contribution in [1.29, 1.82) is 0 Å². The van der Waals surface area contributed by atoms with Crippen molar-refractivity contribution in [2.24, 2.45) is 5.11 Å². The summed E-state index contributed by atoms with van der Waals surface area (Å²) < 4.78 is 0. The molecule has 108 valence electrons. The van der Waals surface area contributed by atoms with Crippen LogP contribution >= 0.6 is 0 Å². The molecule has 1 aliphatic heterocycles. The third-order valence-electron chi connectivity index (χ3n) is 3.65. The summed E-state index contributed by atoms with van der Waals surface area (Å²) in [6.45, 7) is 1.80. The average Bonchev–Trinajstić information content (AvgIpc) is 2.52. The van der Waals surface area contributed by atoms with E-state index in [1.165, 1.54) is 6.42 Å². The highest BCUT2D eigenvalue weighted by molar-refractivity contribution is 5.55. The van der Waals surface area contributed by atoms with Crippen LogP contribution in [0.5, 0.6) is 0 Å². The van der Waals surface area contributed by atoms with Gasteiger partial charge in [0.25, 0.3) is 0 Å². The summed E-state index contributed by atoms with van der Waals surface area (Å²) in [5.74, 6) is 0. The van der Waals surface area contributed by atoms with E-state index in [0.29, 0.717) is 5.56 Å². The largest absolute Gasteiger partial charge is 0.390 e. The zero-order valence-corrected chi connectivity index (χ0v) is 11.4. The molecule has 0 radical (unpaired) electrons. The highest BCUT2D eigenvalue weighted by Crippen LogP contribution is 2.30. The zero-order chi connectivity index (χ0) is 14.4. The van der Waals surface area contributed by atoms with Crippen LogP contribution in [0.4, 0.5) is 5.69 Å². The van der Waals surface area contributed by atoms with Crippen molar-refractivity contribution in [1.82, 2.24) is 0 Å². The second-order valence-corrected chi connectivity index (χ2v) is 5.03. The van der Waals surface area contributed by atoms with Gasteiger partial charge in [-0.15, -0.1) is 0 Å². The number of hydrogen-bond acceptors (Lipinski definition) is 4. The summed E-state index contributed by atoms with van der Waals surface area (Å²) in [6.07, 6.45) is 1.40. The highest BCUT2D eigenvalue weighted by Gasteiger charge is 2.23. The summed E-state index contributed by atoms with van der Waals surface area (Å²) >= 11 is 0. The van der Waals surface area contributed by atoms with Gasteiger partial charge in [-0.25, -0.2) is 0 Å². The maximum Gasteiger partial charge on any atom is 0.107 e. The fourth-order valence-electron chi connectivity index (χ4n) is 2.59. The minimum atomic E-state index is -1.09. The fourth-order valence-corrected chi connectivity index (χ4v) is 2.59. The smallest absolute Gasteiger partial charge is 0.107 e. The third-order valence-corrected chi connectivity index (χ3v) is 3.65. The number of aliphatic hydroxyl groups is 2. The quantitative estimate of drug-likeness (QED) is 0.491. The topological polar surface area (TPSA) is 92.5 Å². The molecule has 1 fully saturated rings. The summed E-state index contributed by atoms with van der Waals surface area (Å²) in [7, 11) is 0. The monoisotopic (exact) mass is 276 g/mol. The molecule has 6 nitrogen and oxygen atoms in total. The minimum Gasteiger partial charge on any atom is -0.390 e. The minimum absolute atomic E-state index is 0.133. The molecule has 0 amide bonds. The number of hydrogen-bond donors (Lipinski definition) is 2. The molecule has 2 rings (SSSR count). The van der Waals surface area contributed by atoms with E-state index in [-0.39, 0.29) is 6.54 Å². The Hall–Kier alpha value is -1.75. The Morgan fingerprint density at radius 3 is 2.60 bits per heavy atom. The van der Waals surface area contributed by atoms with Gasteiger partial charge >= 0.3 is 0 Å². The second-order valence-electron chi connectivity index (χ2n) is 5.03. The molecule has 1 aliphatic rings. The van der Waals surface area contributed by atoms with Crippen molar-refractivity contribution in [3.05, 3.63) is 40.3 Å². The SMILES string of the molecule is [N-]=[N+]=NCC(O)C(O)c1ccccc1N1CCCCC1. The molecule has 0 aliphatic carbocycles. The number of rotatable bonds is 5. The van der Waals surface area contributed by atoms with Gasteiger partial charge in [0, 0.05) is 29.3 Å². The molecule has 0 aromatic heterocycles. The lowest BCUT2D eigenvalue weighted by molar-refractivity contribution is 0.0246. The van der Waals surface area contributed by atoms with Crippen LogP contribution in [0.15, 0.2) is 29.4 Å². The van der Waals surface area contributed by atoms with Crippen molar-refractivity contribution in [2.75, 3.05) is 24.5 Å². The Kier molecular flexibility index (Phi) is 5.24. The molecular weight excluding hydrogens is 256 g/mol. The molecule has 20 heavy (non-hydrogen) atoms. The molecule has 2 unspecified atom stereocenters. The van der Waals surface area contributed by atoms with E-state index in [4.69, 9.17) is 5.53 Å². The molecule has 1 aromatic carbocycles. The van der Waals surface area contributed by atoms with Gasteiger partial charge in [0.2, 0.25) is 0 Å². The second kappa shape index (κ2) is 7.14. The lowest BCUT2D eigenvalue weighted by atomic mass is 10.00. The van der Waals surface area contributed by atoms with Gasteiger partial charge in [-0.1, -0.05) is 23.3 Å². The molecule has 0 spiro atoms. The van der Waals surface area contributed by atoms with E-state index >= 15 is 0 Å². The first-order valence-electron chi connectivity index (χ1n) is 6.95. The van der Waals surface area contributed by atoms with Crippen molar-refractivity contribution in [3.8, 4) is 0 Å². The van der Waals surface area contributed by atoms with Crippen molar-refractivity contribution in [3.63, 3.8) is 0 Å². The summed E-state index contributed by atoms with van der Waals surface area (Å²) in [5, 5.41) is 23.5. The van der Waals surface area contributed by atoms with Crippen LogP contribution in [0.3, 0.4) is 0 Å².